The molecule has 0 spiro atoms. The van der Waals surface area contributed by atoms with Gasteiger partial charge in [0, 0.05) is 44.0 Å². The Bertz CT molecular complexity index is 580. The Morgan fingerprint density at radius 1 is 1.35 bits per heavy atom. The molecule has 1 heterocycles. The van der Waals surface area contributed by atoms with E-state index >= 15 is 0 Å². The molecule has 1 unspecified atom stereocenters. The van der Waals surface area contributed by atoms with Crippen molar-refractivity contribution in [3.63, 3.8) is 0 Å². The Morgan fingerprint density at radius 2 is 1.96 bits per heavy atom. The lowest BCUT2D eigenvalue weighted by Crippen LogP contribution is -2.39. The predicted molar refractivity (Wildman–Crippen MR) is 87.7 cm³/mol. The van der Waals surface area contributed by atoms with Gasteiger partial charge >= 0.3 is 6.09 Å². The van der Waals surface area contributed by atoms with Crippen molar-refractivity contribution in [2.45, 2.75) is 38.8 Å². The van der Waals surface area contributed by atoms with Gasteiger partial charge in [-0.1, -0.05) is 0 Å². The lowest BCUT2D eigenvalue weighted by Gasteiger charge is -2.28. The molecule has 23 heavy (non-hydrogen) atoms. The number of nitrogens with zero attached hydrogens (tertiary/aromatic N) is 3. The summed E-state index contributed by atoms with van der Waals surface area (Å²) in [4.78, 5) is 26.1. The molecule has 1 aromatic rings. The van der Waals surface area contributed by atoms with E-state index in [9.17, 15) is 14.9 Å². The van der Waals surface area contributed by atoms with Crippen molar-refractivity contribution in [3.05, 3.63) is 34.4 Å². The summed E-state index contributed by atoms with van der Waals surface area (Å²) in [6.07, 6.45) is 0.546. The molecule has 1 fully saturated rings. The topological polar surface area (TPSA) is 75.9 Å². The first-order chi connectivity index (χ1) is 10.7. The van der Waals surface area contributed by atoms with Crippen LogP contribution in [0.5, 0.6) is 0 Å². The molecule has 0 saturated carbocycles. The van der Waals surface area contributed by atoms with Crippen molar-refractivity contribution in [1.82, 2.24) is 4.90 Å². The largest absolute Gasteiger partial charge is 0.444 e. The quantitative estimate of drug-likeness (QED) is 0.632. The molecule has 0 aliphatic carbocycles. The van der Waals surface area contributed by atoms with Crippen LogP contribution in [-0.2, 0) is 4.74 Å². The third kappa shape index (κ3) is 4.34. The van der Waals surface area contributed by atoms with E-state index < -0.39 is 10.5 Å². The minimum atomic E-state index is -0.501. The average molecular weight is 321 g/mol. The number of nitro benzene ring substituents is 1. The predicted octanol–water partition coefficient (Wildman–Crippen LogP) is 3.04. The zero-order chi connectivity index (χ0) is 17.2. The second kappa shape index (κ2) is 6.44. The Morgan fingerprint density at radius 3 is 2.48 bits per heavy atom. The van der Waals surface area contributed by atoms with Gasteiger partial charge in [0.25, 0.3) is 5.69 Å². The van der Waals surface area contributed by atoms with E-state index in [1.165, 1.54) is 12.1 Å². The van der Waals surface area contributed by atoms with Crippen LogP contribution in [0.15, 0.2) is 24.3 Å². The number of carbonyl (C=O) groups is 1. The van der Waals surface area contributed by atoms with Gasteiger partial charge in [-0.2, -0.15) is 0 Å². The van der Waals surface area contributed by atoms with Gasteiger partial charge in [-0.15, -0.1) is 0 Å². The SMILES string of the molecule is CN(c1ccc([N+](=O)[O-])cc1)C1CCN(C(=O)OC(C)(C)C)C1. The number of amides is 1. The van der Waals surface area contributed by atoms with Crippen molar-refractivity contribution in [3.8, 4) is 0 Å². The summed E-state index contributed by atoms with van der Waals surface area (Å²) in [5.74, 6) is 0. The van der Waals surface area contributed by atoms with Crippen molar-refractivity contribution in [2.75, 3.05) is 25.0 Å². The van der Waals surface area contributed by atoms with Gasteiger partial charge in [0.1, 0.15) is 5.60 Å². The molecule has 0 N–H and O–H groups in total. The molecule has 1 atom stereocenters. The Labute approximate surface area is 136 Å². The average Bonchev–Trinajstić information content (AvgIpc) is 2.94. The first kappa shape index (κ1) is 17.1. The van der Waals surface area contributed by atoms with Gasteiger partial charge in [-0.05, 0) is 39.3 Å². The monoisotopic (exact) mass is 321 g/mol. The molecule has 1 saturated heterocycles. The van der Waals surface area contributed by atoms with Crippen molar-refractivity contribution >= 4 is 17.5 Å². The van der Waals surface area contributed by atoms with Crippen LogP contribution in [0.2, 0.25) is 0 Å². The second-order valence-electron chi connectivity index (χ2n) is 6.75. The van der Waals surface area contributed by atoms with Crippen molar-refractivity contribution < 1.29 is 14.5 Å². The molecule has 2 rings (SSSR count). The molecular weight excluding hydrogens is 298 g/mol. The molecule has 0 radical (unpaired) electrons. The van der Waals surface area contributed by atoms with E-state index in [1.54, 1.807) is 17.0 Å². The van der Waals surface area contributed by atoms with Gasteiger partial charge < -0.3 is 14.5 Å². The minimum Gasteiger partial charge on any atom is -0.444 e. The molecule has 7 heteroatoms. The standard InChI is InChI=1S/C16H23N3O4/c1-16(2,3)23-15(20)18-10-9-14(11-18)17(4)12-5-7-13(8-6-12)19(21)22/h5-8,14H,9-11H2,1-4H3. The van der Waals surface area contributed by atoms with Crippen molar-refractivity contribution in [2.24, 2.45) is 0 Å². The maximum absolute atomic E-state index is 12.1. The number of hydrogen-bond donors (Lipinski definition) is 0. The van der Waals surface area contributed by atoms with E-state index in [-0.39, 0.29) is 17.8 Å². The number of non-ortho nitro benzene ring substituents is 1. The van der Waals surface area contributed by atoms with Crippen LogP contribution >= 0.6 is 0 Å². The van der Waals surface area contributed by atoms with E-state index in [1.807, 2.05) is 32.7 Å². The van der Waals surface area contributed by atoms with Gasteiger partial charge in [-0.3, -0.25) is 10.1 Å². The molecule has 1 aliphatic rings. The number of likely N-dealkylation sites (tertiary alicyclic amines) is 1. The first-order valence-electron chi connectivity index (χ1n) is 7.62. The molecule has 0 aromatic heterocycles. The van der Waals surface area contributed by atoms with E-state index in [0.717, 1.165) is 12.1 Å². The van der Waals surface area contributed by atoms with E-state index in [4.69, 9.17) is 4.74 Å². The fraction of sp³-hybridized carbons (Fsp3) is 0.562. The summed E-state index contributed by atoms with van der Waals surface area (Å²) in [7, 11) is 1.93. The van der Waals surface area contributed by atoms with Crippen molar-refractivity contribution in [1.29, 1.82) is 0 Å². The minimum absolute atomic E-state index is 0.0731. The lowest BCUT2D eigenvalue weighted by molar-refractivity contribution is -0.384. The summed E-state index contributed by atoms with van der Waals surface area (Å²) in [6, 6.07) is 6.62. The van der Waals surface area contributed by atoms with Gasteiger partial charge in [0.05, 0.1) is 4.92 Å². The van der Waals surface area contributed by atoms with Gasteiger partial charge in [0.2, 0.25) is 0 Å². The first-order valence-corrected chi connectivity index (χ1v) is 7.62. The second-order valence-corrected chi connectivity index (χ2v) is 6.75. The van der Waals surface area contributed by atoms with Crippen LogP contribution in [0.4, 0.5) is 16.2 Å². The maximum atomic E-state index is 12.1. The number of likely N-dealkylation sites (N-methyl/N-ethyl adjacent to an activating group) is 1. The summed E-state index contributed by atoms with van der Waals surface area (Å²) in [5, 5.41) is 10.7. The fourth-order valence-electron chi connectivity index (χ4n) is 2.57. The van der Waals surface area contributed by atoms with Gasteiger partial charge in [0.15, 0.2) is 0 Å². The lowest BCUT2D eigenvalue weighted by atomic mass is 10.2. The zero-order valence-electron chi connectivity index (χ0n) is 14.0. The summed E-state index contributed by atoms with van der Waals surface area (Å²) in [6.45, 7) is 6.78. The van der Waals surface area contributed by atoms with Crippen LogP contribution in [0.3, 0.4) is 0 Å². The third-order valence-corrected chi connectivity index (χ3v) is 3.83. The van der Waals surface area contributed by atoms with E-state index in [0.29, 0.717) is 13.1 Å². The Balaban J connectivity index is 1.98. The molecule has 0 bridgehead atoms. The van der Waals surface area contributed by atoms with Crippen LogP contribution in [0.25, 0.3) is 0 Å². The normalized spacial score (nSPS) is 17.9. The summed E-state index contributed by atoms with van der Waals surface area (Å²) < 4.78 is 5.39. The third-order valence-electron chi connectivity index (χ3n) is 3.83. The highest BCUT2D eigenvalue weighted by atomic mass is 16.6. The molecule has 7 nitrogen and oxygen atoms in total. The Hall–Kier alpha value is -2.31. The molecule has 1 aliphatic heterocycles. The van der Waals surface area contributed by atoms with Gasteiger partial charge in [-0.25, -0.2) is 4.79 Å². The highest BCUT2D eigenvalue weighted by Crippen LogP contribution is 2.24. The fourth-order valence-corrected chi connectivity index (χ4v) is 2.57. The maximum Gasteiger partial charge on any atom is 0.410 e. The number of hydrogen-bond acceptors (Lipinski definition) is 5. The number of nitro groups is 1. The summed E-state index contributed by atoms with van der Waals surface area (Å²) >= 11 is 0. The number of ether oxygens (including phenoxy) is 1. The molecule has 1 amide bonds. The molecule has 1 aromatic carbocycles. The number of rotatable bonds is 3. The zero-order valence-corrected chi connectivity index (χ0v) is 14.0. The molecular formula is C16H23N3O4. The molecule has 126 valence electrons. The van der Waals surface area contributed by atoms with E-state index in [2.05, 4.69) is 0 Å². The number of benzene rings is 1. The highest BCUT2D eigenvalue weighted by molar-refractivity contribution is 5.68. The summed E-state index contributed by atoms with van der Waals surface area (Å²) in [5.41, 5.74) is 0.468. The Kier molecular flexibility index (Phi) is 4.77. The van der Waals surface area contributed by atoms with Crippen LogP contribution < -0.4 is 4.90 Å². The van der Waals surface area contributed by atoms with Crippen LogP contribution in [-0.4, -0.2) is 47.7 Å². The smallest absolute Gasteiger partial charge is 0.410 e. The highest BCUT2D eigenvalue weighted by Gasteiger charge is 2.31. The van der Waals surface area contributed by atoms with Crippen LogP contribution in [0, 0.1) is 10.1 Å². The number of anilines is 1. The number of carbonyl (C=O) groups excluding carboxylic acids is 1. The van der Waals surface area contributed by atoms with Crippen LogP contribution in [0.1, 0.15) is 27.2 Å².